The highest BCUT2D eigenvalue weighted by Crippen LogP contribution is 2.31. The smallest absolute Gasteiger partial charge is 0.274 e. The molecular weight excluding hydrogens is 478 g/mol. The van der Waals surface area contributed by atoms with Gasteiger partial charge in [-0.05, 0) is 63.9 Å². The third kappa shape index (κ3) is 5.34. The molecule has 5 aromatic rings. The number of aromatic nitrogens is 1. The van der Waals surface area contributed by atoms with Gasteiger partial charge in [0.05, 0.1) is 24.5 Å². The van der Waals surface area contributed by atoms with Gasteiger partial charge in [-0.25, -0.2) is 5.48 Å². The first-order valence-corrected chi connectivity index (χ1v) is 12.1. The maximum atomic E-state index is 11.7. The van der Waals surface area contributed by atoms with E-state index >= 15 is 0 Å². The molecule has 0 radical (unpaired) electrons. The second-order valence-corrected chi connectivity index (χ2v) is 8.89. The lowest BCUT2D eigenvalue weighted by Crippen LogP contribution is -2.18. The van der Waals surface area contributed by atoms with Crippen molar-refractivity contribution in [2.24, 2.45) is 0 Å². The third-order valence-electron chi connectivity index (χ3n) is 6.48. The number of hydrogen-bond acceptors (Lipinski definition) is 6. The molecule has 0 saturated carbocycles. The molecular formula is C31H27N3O4. The number of carbonyl (C=O) groups is 1. The van der Waals surface area contributed by atoms with Crippen LogP contribution in [-0.2, 0) is 0 Å². The minimum Gasteiger partial charge on any atom is -0.497 e. The number of hydroxylamine groups is 1. The predicted octanol–water partition coefficient (Wildman–Crippen LogP) is 5.74. The molecule has 38 heavy (non-hydrogen) atoms. The predicted molar refractivity (Wildman–Crippen MR) is 149 cm³/mol. The van der Waals surface area contributed by atoms with Crippen molar-refractivity contribution >= 4 is 39.3 Å². The summed E-state index contributed by atoms with van der Waals surface area (Å²) in [6.07, 6.45) is 2.78. The Bertz CT molecular complexity index is 1630. The SMILES string of the molecule is COc1ccc2ncc(NCC(=Cc3ccc(C(=O)NO)cc3)C(O)c3cccc4ccccc34)cc2c1. The van der Waals surface area contributed by atoms with Crippen LogP contribution in [-0.4, -0.2) is 34.9 Å². The van der Waals surface area contributed by atoms with Crippen LogP contribution >= 0.6 is 0 Å². The Morgan fingerprint density at radius 2 is 1.76 bits per heavy atom. The van der Waals surface area contributed by atoms with E-state index < -0.39 is 12.0 Å². The van der Waals surface area contributed by atoms with E-state index in [9.17, 15) is 9.90 Å². The zero-order valence-corrected chi connectivity index (χ0v) is 20.8. The molecule has 7 heteroatoms. The molecule has 1 atom stereocenters. The van der Waals surface area contributed by atoms with E-state index in [-0.39, 0.29) is 0 Å². The Hall–Kier alpha value is -4.72. The van der Waals surface area contributed by atoms with Gasteiger partial charge in [-0.15, -0.1) is 0 Å². The Labute approximate surface area is 220 Å². The molecule has 4 N–H and O–H groups in total. The van der Waals surface area contributed by atoms with Gasteiger partial charge in [0.15, 0.2) is 0 Å². The molecule has 0 aliphatic carbocycles. The number of nitrogens with zero attached hydrogens (tertiary/aromatic N) is 1. The van der Waals surface area contributed by atoms with Gasteiger partial charge in [0, 0.05) is 17.5 Å². The molecule has 0 saturated heterocycles. The van der Waals surface area contributed by atoms with Crippen molar-refractivity contribution in [2.75, 3.05) is 19.0 Å². The van der Waals surface area contributed by atoms with Gasteiger partial charge in [0.1, 0.15) is 11.9 Å². The largest absolute Gasteiger partial charge is 0.497 e. The number of rotatable bonds is 8. The standard InChI is InChI=1S/C31H27N3O4/c1-38-26-13-14-29-23(17-26)16-25(19-33-29)32-18-24(15-20-9-11-22(12-10-20)31(36)34-37)30(35)28-8-4-6-21-5-2-3-7-27(21)28/h2-17,19,30,32,35,37H,18H2,1H3,(H,34,36). The lowest BCUT2D eigenvalue weighted by atomic mass is 9.94. The summed E-state index contributed by atoms with van der Waals surface area (Å²) < 4.78 is 5.34. The Balaban J connectivity index is 1.49. The van der Waals surface area contributed by atoms with Crippen molar-refractivity contribution in [1.29, 1.82) is 0 Å². The summed E-state index contributed by atoms with van der Waals surface area (Å²) >= 11 is 0. The average Bonchev–Trinajstić information content (AvgIpc) is 2.98. The van der Waals surface area contributed by atoms with E-state index in [0.29, 0.717) is 12.1 Å². The number of pyridine rings is 1. The first-order valence-electron chi connectivity index (χ1n) is 12.1. The van der Waals surface area contributed by atoms with Crippen LogP contribution in [0.3, 0.4) is 0 Å². The zero-order valence-electron chi connectivity index (χ0n) is 20.8. The Morgan fingerprint density at radius 1 is 0.974 bits per heavy atom. The molecule has 5 rings (SSSR count). The van der Waals surface area contributed by atoms with Gasteiger partial charge in [0.2, 0.25) is 0 Å². The Kier molecular flexibility index (Phi) is 7.31. The van der Waals surface area contributed by atoms with Crippen LogP contribution in [0.25, 0.3) is 27.8 Å². The maximum absolute atomic E-state index is 11.7. The fourth-order valence-electron chi connectivity index (χ4n) is 4.46. The molecule has 0 bridgehead atoms. The van der Waals surface area contributed by atoms with Crippen molar-refractivity contribution in [3.63, 3.8) is 0 Å². The topological polar surface area (TPSA) is 104 Å². The summed E-state index contributed by atoms with van der Waals surface area (Å²) in [6.45, 7) is 0.348. The van der Waals surface area contributed by atoms with Crippen LogP contribution in [0.4, 0.5) is 5.69 Å². The molecule has 1 unspecified atom stereocenters. The molecule has 1 amide bonds. The van der Waals surface area contributed by atoms with E-state index in [2.05, 4.69) is 10.3 Å². The van der Waals surface area contributed by atoms with Crippen LogP contribution < -0.4 is 15.5 Å². The van der Waals surface area contributed by atoms with Gasteiger partial charge in [-0.1, -0.05) is 60.7 Å². The molecule has 0 aliphatic heterocycles. The monoisotopic (exact) mass is 505 g/mol. The van der Waals surface area contributed by atoms with Crippen molar-refractivity contribution < 1.29 is 19.8 Å². The summed E-state index contributed by atoms with van der Waals surface area (Å²) in [7, 11) is 1.63. The van der Waals surface area contributed by atoms with Gasteiger partial charge in [-0.3, -0.25) is 15.0 Å². The van der Waals surface area contributed by atoms with Crippen LogP contribution in [0.1, 0.15) is 27.6 Å². The van der Waals surface area contributed by atoms with Gasteiger partial charge >= 0.3 is 0 Å². The van der Waals surface area contributed by atoms with Gasteiger partial charge < -0.3 is 15.2 Å². The number of anilines is 1. The van der Waals surface area contributed by atoms with E-state index in [1.54, 1.807) is 43.1 Å². The normalized spacial score (nSPS) is 12.3. The van der Waals surface area contributed by atoms with Gasteiger partial charge in [0.25, 0.3) is 5.91 Å². The van der Waals surface area contributed by atoms with Crippen molar-refractivity contribution in [3.05, 3.63) is 119 Å². The highest BCUT2D eigenvalue weighted by molar-refractivity contribution is 5.93. The van der Waals surface area contributed by atoms with Crippen LogP contribution in [0, 0.1) is 0 Å². The van der Waals surface area contributed by atoms with Crippen LogP contribution in [0.15, 0.2) is 103 Å². The molecule has 4 aromatic carbocycles. The number of aliphatic hydroxyl groups excluding tert-OH is 1. The van der Waals surface area contributed by atoms with Gasteiger partial charge in [-0.2, -0.15) is 0 Å². The first-order chi connectivity index (χ1) is 18.6. The van der Waals surface area contributed by atoms with E-state index in [0.717, 1.165) is 49.8 Å². The maximum Gasteiger partial charge on any atom is 0.274 e. The zero-order chi connectivity index (χ0) is 26.5. The molecule has 0 aliphatic rings. The number of carbonyl (C=O) groups excluding carboxylic acids is 1. The summed E-state index contributed by atoms with van der Waals surface area (Å²) in [5, 5.41) is 26.9. The summed E-state index contributed by atoms with van der Waals surface area (Å²) in [4.78, 5) is 16.3. The quantitative estimate of drug-likeness (QED) is 0.158. The lowest BCUT2D eigenvalue weighted by molar-refractivity contribution is 0.0706. The van der Waals surface area contributed by atoms with E-state index in [1.165, 1.54) is 0 Å². The number of methoxy groups -OCH3 is 1. The fourth-order valence-corrected chi connectivity index (χ4v) is 4.46. The molecule has 7 nitrogen and oxygen atoms in total. The first kappa shape index (κ1) is 25.0. The van der Waals surface area contributed by atoms with Crippen molar-refractivity contribution in [2.45, 2.75) is 6.10 Å². The number of ether oxygens (including phenoxy) is 1. The van der Waals surface area contributed by atoms with Crippen LogP contribution in [0.2, 0.25) is 0 Å². The lowest BCUT2D eigenvalue weighted by Gasteiger charge is -2.19. The van der Waals surface area contributed by atoms with Crippen molar-refractivity contribution in [3.8, 4) is 5.75 Å². The average molecular weight is 506 g/mol. The van der Waals surface area contributed by atoms with Crippen molar-refractivity contribution in [1.82, 2.24) is 10.5 Å². The number of fused-ring (bicyclic) bond motifs is 2. The van der Waals surface area contributed by atoms with E-state index in [1.807, 2.05) is 72.8 Å². The summed E-state index contributed by atoms with van der Waals surface area (Å²) in [6, 6.07) is 28.3. The Morgan fingerprint density at radius 3 is 2.55 bits per heavy atom. The molecule has 190 valence electrons. The second kappa shape index (κ2) is 11.1. The number of nitrogens with one attached hydrogen (secondary N) is 2. The number of aliphatic hydroxyl groups is 1. The molecule has 0 spiro atoms. The molecule has 1 aromatic heterocycles. The highest BCUT2D eigenvalue weighted by atomic mass is 16.5. The number of amides is 1. The molecule has 1 heterocycles. The number of hydrogen-bond donors (Lipinski definition) is 4. The third-order valence-corrected chi connectivity index (χ3v) is 6.48. The highest BCUT2D eigenvalue weighted by Gasteiger charge is 2.17. The number of benzene rings is 4. The minimum absolute atomic E-state index is 0.330. The summed E-state index contributed by atoms with van der Waals surface area (Å²) in [5.41, 5.74) is 5.96. The minimum atomic E-state index is -0.887. The fraction of sp³-hybridized carbons (Fsp3) is 0.0968. The molecule has 0 fully saturated rings. The van der Waals surface area contributed by atoms with E-state index in [4.69, 9.17) is 9.94 Å². The second-order valence-electron chi connectivity index (χ2n) is 8.89. The van der Waals surface area contributed by atoms with Crippen LogP contribution in [0.5, 0.6) is 5.75 Å². The summed E-state index contributed by atoms with van der Waals surface area (Å²) in [5.74, 6) is 0.167.